The maximum Gasteiger partial charge on any atom is 0.408 e. The molecule has 1 aromatic rings. The molecule has 1 aromatic carbocycles. The first-order chi connectivity index (χ1) is 18.7. The number of alkyl carbamates (subject to hydrolysis) is 1. The molecule has 40 heavy (non-hydrogen) atoms. The standard InChI is InChI=1S/C31H49BF3NO4/c1-7-8-9-10-11-12-13-21-14-15-22(23(18-21)24-25(33)26(34)27(35)32-24)16-17-31(19-38-30(5,6)39-20-31)36-28(37)40-29(2,3)4/h14-15,18,24-27,32H,7-13,16-17,19-20H2,1-6H3,(H,36,37). The fourth-order valence-corrected chi connectivity index (χ4v) is 5.59. The Morgan fingerprint density at radius 2 is 1.68 bits per heavy atom. The number of carbonyl (C=O) groups is 1. The van der Waals surface area contributed by atoms with Crippen LogP contribution < -0.4 is 5.32 Å². The van der Waals surface area contributed by atoms with Crippen LogP contribution in [-0.2, 0) is 27.1 Å². The third kappa shape index (κ3) is 9.40. The minimum atomic E-state index is -2.11. The first-order valence-electron chi connectivity index (χ1n) is 15.1. The van der Waals surface area contributed by atoms with E-state index in [0.717, 1.165) is 30.4 Å². The van der Waals surface area contributed by atoms with E-state index in [1.165, 1.54) is 25.7 Å². The van der Waals surface area contributed by atoms with Crippen molar-refractivity contribution in [3.05, 3.63) is 34.9 Å². The molecule has 4 unspecified atom stereocenters. The number of ether oxygens (including phenoxy) is 3. The van der Waals surface area contributed by atoms with Gasteiger partial charge < -0.3 is 19.5 Å². The highest BCUT2D eigenvalue weighted by molar-refractivity contribution is 6.41. The second kappa shape index (κ2) is 14.0. The SMILES string of the molecule is CCCCCCCCc1ccc(CCC2(NC(=O)OC(C)(C)C)COC(C)(C)OC2)c(C2BC(F)C(F)C2F)c1. The van der Waals surface area contributed by atoms with Gasteiger partial charge in [0.05, 0.1) is 18.8 Å². The second-order valence-electron chi connectivity index (χ2n) is 13.2. The largest absolute Gasteiger partial charge is 0.444 e. The third-order valence-electron chi connectivity index (χ3n) is 7.97. The molecule has 0 saturated carbocycles. The van der Waals surface area contributed by atoms with E-state index in [1.54, 1.807) is 20.8 Å². The molecule has 4 atom stereocenters. The Morgan fingerprint density at radius 1 is 1.02 bits per heavy atom. The van der Waals surface area contributed by atoms with Gasteiger partial charge in [-0.2, -0.15) is 0 Å². The quantitative estimate of drug-likeness (QED) is 0.218. The number of nitrogens with one attached hydrogen (secondary N) is 1. The summed E-state index contributed by atoms with van der Waals surface area (Å²) in [5.74, 6) is -1.63. The number of aryl methyl sites for hydroxylation is 2. The lowest BCUT2D eigenvalue weighted by atomic mass is 9.62. The van der Waals surface area contributed by atoms with Crippen molar-refractivity contribution < 1.29 is 32.2 Å². The lowest BCUT2D eigenvalue weighted by Gasteiger charge is -2.44. The highest BCUT2D eigenvalue weighted by Gasteiger charge is 2.47. The Hall–Kier alpha value is -1.74. The van der Waals surface area contributed by atoms with E-state index in [0.29, 0.717) is 18.4 Å². The van der Waals surface area contributed by atoms with Crippen molar-refractivity contribution in [1.29, 1.82) is 0 Å². The van der Waals surface area contributed by atoms with Crippen LogP contribution in [0.3, 0.4) is 0 Å². The van der Waals surface area contributed by atoms with E-state index in [1.807, 2.05) is 32.0 Å². The van der Waals surface area contributed by atoms with Gasteiger partial charge in [0.15, 0.2) is 19.2 Å². The molecule has 0 aliphatic carbocycles. The number of amides is 1. The molecule has 226 valence electrons. The molecule has 2 saturated heterocycles. The third-order valence-corrected chi connectivity index (χ3v) is 7.97. The number of hydrogen-bond acceptors (Lipinski definition) is 4. The molecule has 2 fully saturated rings. The maximum atomic E-state index is 15.0. The normalized spacial score (nSPS) is 25.8. The van der Waals surface area contributed by atoms with Crippen molar-refractivity contribution in [2.45, 2.75) is 140 Å². The molecule has 2 aliphatic heterocycles. The second-order valence-corrected chi connectivity index (χ2v) is 13.2. The zero-order chi connectivity index (χ0) is 29.6. The summed E-state index contributed by atoms with van der Waals surface area (Å²) < 4.78 is 60.9. The zero-order valence-corrected chi connectivity index (χ0v) is 25.3. The van der Waals surface area contributed by atoms with Crippen LogP contribution in [0, 0.1) is 0 Å². The van der Waals surface area contributed by atoms with Crippen molar-refractivity contribution in [3.63, 3.8) is 0 Å². The Labute approximate surface area is 239 Å². The Morgan fingerprint density at radius 3 is 2.27 bits per heavy atom. The first kappa shape index (κ1) is 32.8. The van der Waals surface area contributed by atoms with E-state index < -0.39 is 47.3 Å². The molecule has 1 N–H and O–H groups in total. The summed E-state index contributed by atoms with van der Waals surface area (Å²) in [5.41, 5.74) is 1.01. The number of carbonyl (C=O) groups excluding carboxylic acids is 1. The molecule has 0 bridgehead atoms. The Kier molecular flexibility index (Phi) is 11.4. The number of alkyl halides is 3. The van der Waals surface area contributed by atoms with Crippen LogP contribution in [0.2, 0.25) is 0 Å². The van der Waals surface area contributed by atoms with Gasteiger partial charge >= 0.3 is 6.09 Å². The minimum absolute atomic E-state index is 0.169. The highest BCUT2D eigenvalue weighted by atomic mass is 19.2. The smallest absolute Gasteiger partial charge is 0.408 e. The summed E-state index contributed by atoms with van der Waals surface area (Å²) in [6, 6.07) is 5.95. The summed E-state index contributed by atoms with van der Waals surface area (Å²) in [7, 11) is -0.169. The topological polar surface area (TPSA) is 56.8 Å². The monoisotopic (exact) mass is 567 g/mol. The number of rotatable bonds is 12. The molecule has 9 heteroatoms. The van der Waals surface area contributed by atoms with Gasteiger partial charge in [-0.3, -0.25) is 4.39 Å². The van der Waals surface area contributed by atoms with Crippen molar-refractivity contribution in [2.75, 3.05) is 13.2 Å². The number of unbranched alkanes of at least 4 members (excludes halogenated alkanes) is 5. The molecular formula is C31H49BF3NO4. The van der Waals surface area contributed by atoms with Crippen LogP contribution in [-0.4, -0.2) is 61.9 Å². The summed E-state index contributed by atoms with van der Waals surface area (Å²) in [4.78, 5) is 12.7. The van der Waals surface area contributed by atoms with Crippen molar-refractivity contribution >= 4 is 13.4 Å². The van der Waals surface area contributed by atoms with Gasteiger partial charge in [0, 0.05) is 0 Å². The molecular weight excluding hydrogens is 518 g/mol. The summed E-state index contributed by atoms with van der Waals surface area (Å²) in [6.45, 7) is 11.6. The van der Waals surface area contributed by atoms with Crippen molar-refractivity contribution in [1.82, 2.24) is 5.32 Å². The van der Waals surface area contributed by atoms with Crippen LogP contribution in [0.25, 0.3) is 0 Å². The molecule has 0 aromatic heterocycles. The van der Waals surface area contributed by atoms with Crippen LogP contribution in [0.5, 0.6) is 0 Å². The van der Waals surface area contributed by atoms with E-state index in [2.05, 4.69) is 12.2 Å². The maximum absolute atomic E-state index is 15.0. The Bertz CT molecular complexity index is 960. The fourth-order valence-electron chi connectivity index (χ4n) is 5.59. The van der Waals surface area contributed by atoms with Gasteiger partial charge in [-0.25, -0.2) is 13.6 Å². The van der Waals surface area contributed by atoms with Gasteiger partial charge in [0.25, 0.3) is 0 Å². The molecule has 3 rings (SSSR count). The average molecular weight is 568 g/mol. The lowest BCUT2D eigenvalue weighted by Crippen LogP contribution is -2.61. The van der Waals surface area contributed by atoms with Crippen LogP contribution >= 0.6 is 0 Å². The van der Waals surface area contributed by atoms with E-state index in [-0.39, 0.29) is 20.5 Å². The molecule has 2 aliphatic rings. The summed E-state index contributed by atoms with van der Waals surface area (Å²) in [6.07, 6.45) is 2.36. The molecule has 5 nitrogen and oxygen atoms in total. The van der Waals surface area contributed by atoms with Gasteiger partial charge in [-0.05, 0) is 82.8 Å². The van der Waals surface area contributed by atoms with Gasteiger partial charge in [0.2, 0.25) is 0 Å². The van der Waals surface area contributed by atoms with E-state index >= 15 is 4.39 Å². The van der Waals surface area contributed by atoms with Gasteiger partial charge in [-0.1, -0.05) is 57.2 Å². The van der Waals surface area contributed by atoms with Crippen LogP contribution in [0.15, 0.2) is 18.2 Å². The molecule has 1 amide bonds. The predicted octanol–water partition coefficient (Wildman–Crippen LogP) is 7.03. The Balaban J connectivity index is 1.79. The highest BCUT2D eigenvalue weighted by Crippen LogP contribution is 2.38. The minimum Gasteiger partial charge on any atom is -0.444 e. The number of benzene rings is 1. The predicted molar refractivity (Wildman–Crippen MR) is 155 cm³/mol. The average Bonchev–Trinajstić information content (AvgIpc) is 3.13. The summed E-state index contributed by atoms with van der Waals surface area (Å²) in [5, 5.41) is 2.96. The molecule has 0 spiro atoms. The number of hydrogen-bond donors (Lipinski definition) is 1. The van der Waals surface area contributed by atoms with Crippen molar-refractivity contribution in [3.8, 4) is 0 Å². The fraction of sp³-hybridized carbons (Fsp3) is 0.774. The van der Waals surface area contributed by atoms with Gasteiger partial charge in [-0.15, -0.1) is 0 Å². The van der Waals surface area contributed by atoms with E-state index in [4.69, 9.17) is 14.2 Å². The summed E-state index contributed by atoms with van der Waals surface area (Å²) >= 11 is 0. The number of halogens is 3. The first-order valence-corrected chi connectivity index (χ1v) is 15.1. The van der Waals surface area contributed by atoms with Crippen LogP contribution in [0.1, 0.15) is 109 Å². The molecule has 2 heterocycles. The zero-order valence-electron chi connectivity index (χ0n) is 25.3. The lowest BCUT2D eigenvalue weighted by molar-refractivity contribution is -0.271. The molecule has 0 radical (unpaired) electrons. The van der Waals surface area contributed by atoms with Gasteiger partial charge in [0.1, 0.15) is 17.8 Å². The van der Waals surface area contributed by atoms with Crippen LogP contribution in [0.4, 0.5) is 18.0 Å². The van der Waals surface area contributed by atoms with Crippen molar-refractivity contribution in [2.24, 2.45) is 0 Å². The van der Waals surface area contributed by atoms with E-state index in [9.17, 15) is 13.6 Å².